The Morgan fingerprint density at radius 1 is 1.31 bits per heavy atom. The van der Waals surface area contributed by atoms with Crippen LogP contribution in [-0.4, -0.2) is 62.5 Å². The molecular weight excluding hydrogens is 340 g/mol. The Morgan fingerprint density at radius 2 is 1.96 bits per heavy atom. The number of amides is 1. The fraction of sp³-hybridized carbons (Fsp3) is 0.611. The third kappa shape index (κ3) is 3.42. The largest absolute Gasteiger partial charge is 0.338 e. The number of aromatic nitrogens is 3. The van der Waals surface area contributed by atoms with Gasteiger partial charge >= 0.3 is 0 Å². The first-order valence-electron chi connectivity index (χ1n) is 9.13. The Balaban J connectivity index is 1.81. The molecule has 26 heavy (non-hydrogen) atoms. The van der Waals surface area contributed by atoms with Gasteiger partial charge in [0.15, 0.2) is 5.65 Å². The van der Waals surface area contributed by atoms with Crippen LogP contribution >= 0.6 is 0 Å². The Bertz CT molecular complexity index is 779. The number of fused-ring (bicyclic) bond motifs is 1. The van der Waals surface area contributed by atoms with Crippen LogP contribution in [0.3, 0.4) is 0 Å². The highest BCUT2D eigenvalue weighted by Crippen LogP contribution is 2.24. The number of aryl methyl sites for hydroxylation is 1. The van der Waals surface area contributed by atoms with Gasteiger partial charge in [-0.05, 0) is 38.9 Å². The smallest absolute Gasteiger partial charge is 0.280 e. The van der Waals surface area contributed by atoms with E-state index >= 15 is 0 Å². The topological polar surface area (TPSA) is 53.7 Å². The first-order chi connectivity index (χ1) is 12.5. The standard InChI is InChI=1S/C18H25F2N5O/c1-4-23(5-2)13-6-8-24(9-7-13)18(26)14-11-21-25-15(16(19)20)10-12(3)22-17(14)25/h10-11,13,16H,4-9H2,1-3H3. The SMILES string of the molecule is CCN(CC)C1CCN(C(=O)c2cnn3c(C(F)F)cc(C)nc23)CC1. The molecule has 142 valence electrons. The molecule has 1 fully saturated rings. The number of nitrogens with zero attached hydrogens (tertiary/aromatic N) is 5. The maximum Gasteiger partial charge on any atom is 0.280 e. The molecule has 8 heteroatoms. The summed E-state index contributed by atoms with van der Waals surface area (Å²) in [6.07, 6.45) is 0.515. The molecule has 2 aromatic heterocycles. The van der Waals surface area contributed by atoms with E-state index in [1.165, 1.54) is 12.3 Å². The highest BCUT2D eigenvalue weighted by atomic mass is 19.3. The molecule has 0 unspecified atom stereocenters. The second kappa shape index (κ2) is 7.65. The number of carbonyl (C=O) groups excluding carboxylic acids is 1. The Kier molecular flexibility index (Phi) is 5.50. The van der Waals surface area contributed by atoms with Crippen LogP contribution in [-0.2, 0) is 0 Å². The normalized spacial score (nSPS) is 16.2. The van der Waals surface area contributed by atoms with Crippen molar-refractivity contribution in [2.45, 2.75) is 46.1 Å². The van der Waals surface area contributed by atoms with Gasteiger partial charge < -0.3 is 9.80 Å². The maximum absolute atomic E-state index is 13.2. The summed E-state index contributed by atoms with van der Waals surface area (Å²) in [6.45, 7) is 9.26. The van der Waals surface area contributed by atoms with Crippen molar-refractivity contribution in [3.8, 4) is 0 Å². The van der Waals surface area contributed by atoms with Crippen molar-refractivity contribution < 1.29 is 13.6 Å². The van der Waals surface area contributed by atoms with Gasteiger partial charge in [-0.1, -0.05) is 13.8 Å². The Hall–Kier alpha value is -2.09. The molecule has 0 spiro atoms. The van der Waals surface area contributed by atoms with E-state index in [1.807, 2.05) is 0 Å². The van der Waals surface area contributed by atoms with E-state index in [9.17, 15) is 13.6 Å². The minimum absolute atomic E-state index is 0.184. The average molecular weight is 365 g/mol. The van der Waals surface area contributed by atoms with Gasteiger partial charge in [0.05, 0.1) is 6.20 Å². The fourth-order valence-electron chi connectivity index (χ4n) is 3.76. The van der Waals surface area contributed by atoms with Crippen LogP contribution in [0.2, 0.25) is 0 Å². The zero-order chi connectivity index (χ0) is 18.8. The summed E-state index contributed by atoms with van der Waals surface area (Å²) in [5.74, 6) is -0.184. The number of hydrogen-bond acceptors (Lipinski definition) is 4. The van der Waals surface area contributed by atoms with Crippen LogP contribution in [0, 0.1) is 6.92 Å². The quantitative estimate of drug-likeness (QED) is 0.818. The van der Waals surface area contributed by atoms with Gasteiger partial charge in [-0.25, -0.2) is 18.3 Å². The maximum atomic E-state index is 13.2. The first-order valence-corrected chi connectivity index (χ1v) is 9.13. The fourth-order valence-corrected chi connectivity index (χ4v) is 3.76. The molecule has 0 atom stereocenters. The summed E-state index contributed by atoms with van der Waals surface area (Å²) in [5.41, 5.74) is 0.697. The molecule has 1 saturated heterocycles. The lowest BCUT2D eigenvalue weighted by Crippen LogP contribution is -2.46. The number of likely N-dealkylation sites (tertiary alicyclic amines) is 1. The number of carbonyl (C=O) groups is 1. The summed E-state index contributed by atoms with van der Waals surface area (Å²) in [4.78, 5) is 21.4. The first kappa shape index (κ1) is 18.7. The van der Waals surface area contributed by atoms with Gasteiger partial charge in [0.2, 0.25) is 0 Å². The van der Waals surface area contributed by atoms with Crippen molar-refractivity contribution in [3.05, 3.63) is 29.2 Å². The zero-order valence-corrected chi connectivity index (χ0v) is 15.5. The summed E-state index contributed by atoms with van der Waals surface area (Å²) < 4.78 is 27.6. The van der Waals surface area contributed by atoms with Crippen molar-refractivity contribution in [1.82, 2.24) is 24.4 Å². The van der Waals surface area contributed by atoms with Gasteiger partial charge in [-0.2, -0.15) is 5.10 Å². The summed E-state index contributed by atoms with van der Waals surface area (Å²) >= 11 is 0. The second-order valence-corrected chi connectivity index (χ2v) is 6.66. The lowest BCUT2D eigenvalue weighted by molar-refractivity contribution is 0.0633. The minimum Gasteiger partial charge on any atom is -0.338 e. The van der Waals surface area contributed by atoms with Crippen molar-refractivity contribution in [3.63, 3.8) is 0 Å². The van der Waals surface area contributed by atoms with E-state index in [0.717, 1.165) is 30.4 Å². The number of halogens is 2. The molecule has 0 saturated carbocycles. The molecule has 0 aliphatic carbocycles. The third-order valence-electron chi connectivity index (χ3n) is 5.16. The Labute approximate surface area is 151 Å². The van der Waals surface area contributed by atoms with Gasteiger partial charge in [0.1, 0.15) is 11.3 Å². The van der Waals surface area contributed by atoms with E-state index < -0.39 is 6.43 Å². The summed E-state index contributed by atoms with van der Waals surface area (Å²) in [5, 5.41) is 3.99. The van der Waals surface area contributed by atoms with E-state index in [2.05, 4.69) is 28.8 Å². The third-order valence-corrected chi connectivity index (χ3v) is 5.16. The van der Waals surface area contributed by atoms with E-state index in [1.54, 1.807) is 11.8 Å². The number of piperidine rings is 1. The zero-order valence-electron chi connectivity index (χ0n) is 15.5. The molecule has 3 rings (SSSR count). The molecule has 0 aromatic carbocycles. The summed E-state index contributed by atoms with van der Waals surface area (Å²) in [7, 11) is 0. The number of rotatable bonds is 5. The van der Waals surface area contributed by atoms with Crippen LogP contribution in [0.4, 0.5) is 8.78 Å². The molecule has 1 amide bonds. The molecule has 0 bridgehead atoms. The van der Waals surface area contributed by atoms with Gasteiger partial charge in [0, 0.05) is 24.8 Å². The molecule has 0 radical (unpaired) electrons. The van der Waals surface area contributed by atoms with Gasteiger partial charge in [0.25, 0.3) is 12.3 Å². The molecule has 0 N–H and O–H groups in total. The van der Waals surface area contributed by atoms with Crippen LogP contribution in [0.1, 0.15) is 54.9 Å². The minimum atomic E-state index is -2.67. The van der Waals surface area contributed by atoms with Crippen molar-refractivity contribution >= 4 is 11.6 Å². The van der Waals surface area contributed by atoms with Crippen molar-refractivity contribution in [2.24, 2.45) is 0 Å². The second-order valence-electron chi connectivity index (χ2n) is 6.66. The molecular formula is C18H25F2N5O. The van der Waals surface area contributed by atoms with Crippen molar-refractivity contribution in [2.75, 3.05) is 26.2 Å². The highest BCUT2D eigenvalue weighted by molar-refractivity contribution is 5.99. The predicted octanol–water partition coefficient (Wildman–Crippen LogP) is 2.92. The molecule has 1 aliphatic heterocycles. The van der Waals surface area contributed by atoms with E-state index in [-0.39, 0.29) is 22.8 Å². The molecule has 6 nitrogen and oxygen atoms in total. The summed E-state index contributed by atoms with van der Waals surface area (Å²) in [6, 6.07) is 1.79. The van der Waals surface area contributed by atoms with Crippen LogP contribution < -0.4 is 0 Å². The van der Waals surface area contributed by atoms with E-state index in [0.29, 0.717) is 24.8 Å². The highest BCUT2D eigenvalue weighted by Gasteiger charge is 2.28. The van der Waals surface area contributed by atoms with Gasteiger partial charge in [-0.15, -0.1) is 0 Å². The van der Waals surface area contributed by atoms with Crippen LogP contribution in [0.5, 0.6) is 0 Å². The van der Waals surface area contributed by atoms with E-state index in [4.69, 9.17) is 0 Å². The number of hydrogen-bond donors (Lipinski definition) is 0. The molecule has 3 heterocycles. The molecule has 1 aliphatic rings. The number of alkyl halides is 2. The van der Waals surface area contributed by atoms with Crippen LogP contribution in [0.15, 0.2) is 12.3 Å². The molecule has 2 aromatic rings. The lowest BCUT2D eigenvalue weighted by atomic mass is 10.0. The monoisotopic (exact) mass is 365 g/mol. The predicted molar refractivity (Wildman–Crippen MR) is 94.5 cm³/mol. The van der Waals surface area contributed by atoms with Crippen molar-refractivity contribution in [1.29, 1.82) is 0 Å². The average Bonchev–Trinajstić information content (AvgIpc) is 3.05. The van der Waals surface area contributed by atoms with Gasteiger partial charge in [-0.3, -0.25) is 4.79 Å². The Morgan fingerprint density at radius 3 is 2.54 bits per heavy atom. The lowest BCUT2D eigenvalue weighted by Gasteiger charge is -2.37. The van der Waals surface area contributed by atoms with Crippen LogP contribution in [0.25, 0.3) is 5.65 Å².